The van der Waals surface area contributed by atoms with E-state index in [9.17, 15) is 26.3 Å². The summed E-state index contributed by atoms with van der Waals surface area (Å²) in [5, 5.41) is 11.4. The maximum Gasteiger partial charge on any atom is 0.393 e. The Bertz CT molecular complexity index is 644. The van der Waals surface area contributed by atoms with Crippen LogP contribution in [0.1, 0.15) is 75.2 Å². The van der Waals surface area contributed by atoms with Crippen molar-refractivity contribution in [2.45, 2.75) is 84.0 Å². The third-order valence-electron chi connectivity index (χ3n) is 6.23. The van der Waals surface area contributed by atoms with Gasteiger partial charge < -0.3 is 16.0 Å². The molecule has 4 rings (SSSR count). The van der Waals surface area contributed by atoms with Crippen molar-refractivity contribution < 1.29 is 26.3 Å². The summed E-state index contributed by atoms with van der Waals surface area (Å²) in [5.74, 6) is -0.414. The highest BCUT2D eigenvalue weighted by Crippen LogP contribution is 2.31. The minimum Gasteiger partial charge on any atom is -0.317 e. The fourth-order valence-electron chi connectivity index (χ4n) is 4.32. The number of hydrogen-bond acceptors (Lipinski definition) is 4. The van der Waals surface area contributed by atoms with Crippen molar-refractivity contribution in [3.05, 3.63) is 21.9 Å². The summed E-state index contributed by atoms with van der Waals surface area (Å²) in [6.45, 7) is 10.9. The number of aryl methyl sites for hydroxylation is 1. The Morgan fingerprint density at radius 1 is 0.829 bits per heavy atom. The smallest absolute Gasteiger partial charge is 0.317 e. The normalized spacial score (nSPS) is 22.0. The average molecular weight is 532 g/mol. The van der Waals surface area contributed by atoms with Crippen molar-refractivity contribution in [2.75, 3.05) is 39.3 Å². The van der Waals surface area contributed by atoms with E-state index in [4.69, 9.17) is 0 Å². The number of nitrogens with one attached hydrogen (secondary N) is 3. The highest BCUT2D eigenvalue weighted by atomic mass is 32.1. The fourth-order valence-corrected chi connectivity index (χ4v) is 5.39. The molecule has 3 aliphatic rings. The van der Waals surface area contributed by atoms with E-state index in [1.54, 1.807) is 4.88 Å². The van der Waals surface area contributed by atoms with Crippen LogP contribution in [0.3, 0.4) is 0 Å². The summed E-state index contributed by atoms with van der Waals surface area (Å²) < 4.78 is 71.2. The summed E-state index contributed by atoms with van der Waals surface area (Å²) in [5.41, 5.74) is 1.42. The maximum absolute atomic E-state index is 11.9. The van der Waals surface area contributed by atoms with Gasteiger partial charge in [0.1, 0.15) is 0 Å². The standard InChI is InChI=1S/C10H15NS.C7H12F3N.C6H10F3N.C2H6/c1-8-6-10(12-7-8)9-2-4-11-5-3-9;8-7(9,10)5-6-1-3-11-4-2-6;7-6(8,9)5-2-1-3-10-4-5;1-2/h6-7,9,11H,2-5H2,1H3;6,11H,1-5H2;5,10H,1-4H2;1-2H3. The van der Waals surface area contributed by atoms with E-state index in [2.05, 4.69) is 34.3 Å². The molecule has 0 radical (unpaired) electrons. The van der Waals surface area contributed by atoms with Gasteiger partial charge in [0.05, 0.1) is 5.92 Å². The number of rotatable bonds is 2. The minimum atomic E-state index is -3.99. The Labute approximate surface area is 210 Å². The van der Waals surface area contributed by atoms with E-state index in [0.717, 1.165) is 25.6 Å². The van der Waals surface area contributed by atoms with Crippen molar-refractivity contribution in [1.82, 2.24) is 16.0 Å². The topological polar surface area (TPSA) is 36.1 Å². The zero-order valence-electron chi connectivity index (χ0n) is 21.3. The molecule has 3 fully saturated rings. The largest absolute Gasteiger partial charge is 0.393 e. The molecular formula is C25H43F6N3S. The van der Waals surface area contributed by atoms with Crippen molar-refractivity contribution in [3.8, 4) is 0 Å². The van der Waals surface area contributed by atoms with Gasteiger partial charge in [0.2, 0.25) is 0 Å². The molecule has 1 unspecified atom stereocenters. The van der Waals surface area contributed by atoms with E-state index in [-0.39, 0.29) is 18.9 Å². The Balaban J connectivity index is 0.000000254. The van der Waals surface area contributed by atoms with Crippen LogP contribution in [0.15, 0.2) is 11.4 Å². The van der Waals surface area contributed by atoms with Gasteiger partial charge in [-0.1, -0.05) is 13.8 Å². The van der Waals surface area contributed by atoms with Crippen LogP contribution in [0.25, 0.3) is 0 Å². The van der Waals surface area contributed by atoms with E-state index >= 15 is 0 Å². The van der Waals surface area contributed by atoms with Crippen LogP contribution in [-0.2, 0) is 0 Å². The van der Waals surface area contributed by atoms with Crippen molar-refractivity contribution in [2.24, 2.45) is 11.8 Å². The second-order valence-corrected chi connectivity index (χ2v) is 10.1. The first-order valence-electron chi connectivity index (χ1n) is 12.8. The van der Waals surface area contributed by atoms with Gasteiger partial charge in [-0.3, -0.25) is 0 Å². The van der Waals surface area contributed by atoms with Gasteiger partial charge >= 0.3 is 12.4 Å². The summed E-state index contributed by atoms with van der Waals surface area (Å²) in [6, 6.07) is 2.35. The molecule has 206 valence electrons. The van der Waals surface area contributed by atoms with Gasteiger partial charge in [-0.25, -0.2) is 0 Å². The lowest BCUT2D eigenvalue weighted by Gasteiger charge is -2.24. The monoisotopic (exact) mass is 531 g/mol. The molecule has 3 saturated heterocycles. The van der Waals surface area contributed by atoms with Gasteiger partial charge in [0.15, 0.2) is 0 Å². The van der Waals surface area contributed by atoms with Crippen molar-refractivity contribution in [3.63, 3.8) is 0 Å². The number of thiophene rings is 1. The molecule has 1 atom stereocenters. The average Bonchev–Trinajstić information content (AvgIpc) is 3.28. The number of alkyl halides is 6. The van der Waals surface area contributed by atoms with Crippen molar-refractivity contribution in [1.29, 1.82) is 0 Å². The fraction of sp³-hybridized carbons (Fsp3) is 0.840. The summed E-state index contributed by atoms with van der Waals surface area (Å²) in [6.07, 6.45) is -3.66. The van der Waals surface area contributed by atoms with E-state index < -0.39 is 24.7 Å². The summed E-state index contributed by atoms with van der Waals surface area (Å²) in [4.78, 5) is 1.59. The Morgan fingerprint density at radius 2 is 1.40 bits per heavy atom. The molecule has 3 aliphatic heterocycles. The molecule has 4 heterocycles. The SMILES string of the molecule is CC.Cc1csc(C2CCNCC2)c1.FC(F)(F)C1CCCNC1.FC(F)(F)CC1CCNCC1. The Morgan fingerprint density at radius 3 is 1.80 bits per heavy atom. The second-order valence-electron chi connectivity index (χ2n) is 9.15. The Kier molecular flexibility index (Phi) is 15.5. The van der Waals surface area contributed by atoms with Gasteiger partial charge in [-0.2, -0.15) is 26.3 Å². The minimum absolute atomic E-state index is 0.101. The van der Waals surface area contributed by atoms with Crippen LogP contribution in [-0.4, -0.2) is 51.6 Å². The number of halogens is 6. The summed E-state index contributed by atoms with van der Waals surface area (Å²) >= 11 is 1.93. The zero-order valence-corrected chi connectivity index (χ0v) is 22.1. The third kappa shape index (κ3) is 14.5. The van der Waals surface area contributed by atoms with Crippen LogP contribution >= 0.6 is 11.3 Å². The molecule has 1 aromatic heterocycles. The maximum atomic E-state index is 11.9. The van der Waals surface area contributed by atoms with E-state index in [1.165, 1.54) is 31.5 Å². The molecule has 0 aromatic carbocycles. The second kappa shape index (κ2) is 16.8. The highest BCUT2D eigenvalue weighted by molar-refractivity contribution is 7.10. The first-order valence-corrected chi connectivity index (χ1v) is 13.7. The lowest BCUT2D eigenvalue weighted by atomic mass is 9.94. The van der Waals surface area contributed by atoms with Gasteiger partial charge in [0.25, 0.3) is 0 Å². The van der Waals surface area contributed by atoms with Crippen LogP contribution in [0, 0.1) is 18.8 Å². The molecule has 0 spiro atoms. The van der Waals surface area contributed by atoms with Crippen LogP contribution < -0.4 is 16.0 Å². The predicted molar refractivity (Wildman–Crippen MR) is 133 cm³/mol. The predicted octanol–water partition coefficient (Wildman–Crippen LogP) is 7.04. The molecule has 1 aromatic rings. The van der Waals surface area contributed by atoms with Gasteiger partial charge in [-0.05, 0) is 107 Å². The molecule has 0 aliphatic carbocycles. The lowest BCUT2D eigenvalue weighted by molar-refractivity contribution is -0.177. The number of hydrogen-bond donors (Lipinski definition) is 3. The van der Waals surface area contributed by atoms with Gasteiger partial charge in [-0.15, -0.1) is 11.3 Å². The molecule has 0 saturated carbocycles. The quantitative estimate of drug-likeness (QED) is 0.359. The van der Waals surface area contributed by atoms with Crippen LogP contribution in [0.4, 0.5) is 26.3 Å². The molecule has 0 amide bonds. The van der Waals surface area contributed by atoms with Crippen molar-refractivity contribution >= 4 is 11.3 Å². The molecular weight excluding hydrogens is 488 g/mol. The molecule has 3 nitrogen and oxygen atoms in total. The highest BCUT2D eigenvalue weighted by Gasteiger charge is 2.39. The number of piperidine rings is 3. The van der Waals surface area contributed by atoms with E-state index in [1.807, 2.05) is 25.2 Å². The Hall–Kier alpha value is -0.840. The van der Waals surface area contributed by atoms with Crippen LogP contribution in [0.5, 0.6) is 0 Å². The molecule has 35 heavy (non-hydrogen) atoms. The molecule has 0 bridgehead atoms. The first-order chi connectivity index (χ1) is 16.5. The van der Waals surface area contributed by atoms with E-state index in [0.29, 0.717) is 19.3 Å². The summed E-state index contributed by atoms with van der Waals surface area (Å²) in [7, 11) is 0. The van der Waals surface area contributed by atoms with Gasteiger partial charge in [0, 0.05) is 17.8 Å². The lowest BCUT2D eigenvalue weighted by Crippen LogP contribution is -2.38. The molecule has 10 heteroatoms. The zero-order chi connectivity index (χ0) is 26.3. The van der Waals surface area contributed by atoms with Crippen LogP contribution in [0.2, 0.25) is 0 Å². The first kappa shape index (κ1) is 32.2. The molecule has 3 N–H and O–H groups in total. The third-order valence-corrected chi connectivity index (χ3v) is 7.44.